The maximum atomic E-state index is 11.8. The van der Waals surface area contributed by atoms with Crippen LogP contribution in [0.3, 0.4) is 0 Å². The summed E-state index contributed by atoms with van der Waals surface area (Å²) in [5.41, 5.74) is 5.61. The molecule has 1 aromatic rings. The highest BCUT2D eigenvalue weighted by Gasteiger charge is 2.27. The molecule has 0 aromatic heterocycles. The highest BCUT2D eigenvalue weighted by molar-refractivity contribution is 5.87. The summed E-state index contributed by atoms with van der Waals surface area (Å²) in [6.07, 6.45) is -1.76. The quantitative estimate of drug-likeness (QED) is 0.156. The van der Waals surface area contributed by atoms with E-state index >= 15 is 0 Å². The number of carboxylic acid groups (broad SMARTS) is 1. The van der Waals surface area contributed by atoms with Crippen LogP contribution < -0.4 is 21.7 Å². The van der Waals surface area contributed by atoms with Gasteiger partial charge < -0.3 is 42.1 Å². The number of aliphatic hydroxyl groups is 3. The topological polar surface area (TPSA) is 211 Å². The smallest absolute Gasteiger partial charge is 0.305 e. The second-order valence-electron chi connectivity index (χ2n) is 8.10. The van der Waals surface area contributed by atoms with Crippen molar-refractivity contribution < 1.29 is 39.6 Å². The second kappa shape index (κ2) is 23.3. The molecule has 3 amide bonds. The molecule has 0 saturated heterocycles. The molecule has 37 heavy (non-hydrogen) atoms. The summed E-state index contributed by atoms with van der Waals surface area (Å²) in [6.45, 7) is 4.91. The lowest BCUT2D eigenvalue weighted by Crippen LogP contribution is -2.50. The van der Waals surface area contributed by atoms with Crippen LogP contribution in [-0.2, 0) is 19.2 Å². The summed E-state index contributed by atoms with van der Waals surface area (Å²) in [5, 5.41) is 44.2. The Bertz CT molecular complexity index is 725. The number of rotatable bonds is 14. The molecule has 0 radical (unpaired) electrons. The third-order valence-electron chi connectivity index (χ3n) is 4.41. The summed E-state index contributed by atoms with van der Waals surface area (Å²) in [5.74, 6) is -3.26. The molecule has 2 unspecified atom stereocenters. The van der Waals surface area contributed by atoms with Gasteiger partial charge in [0.2, 0.25) is 11.8 Å². The van der Waals surface area contributed by atoms with Crippen molar-refractivity contribution in [3.05, 3.63) is 36.4 Å². The minimum absolute atomic E-state index is 0.224. The maximum Gasteiger partial charge on any atom is 0.305 e. The standard InChI is InChI=1S/C16H30N4O8.C6H6.C3H8/c1-2-3-10(17)15(27)19-7-12(23)20-9(8-21)6-11(22)14(26)16(28)18-5-4-13(24)25;1-2-4-6-5-3-1;1-3-2/h9-11,14,21-22,26H,2-8,17H2,1H3,(H,18,28)(H,19,27)(H,20,23)(H,24,25);1-6H;3H2,1-2H3/t9?,10?,11-,14+;;/m1../s1. The van der Waals surface area contributed by atoms with E-state index in [0.29, 0.717) is 12.8 Å². The van der Waals surface area contributed by atoms with E-state index in [4.69, 9.17) is 10.8 Å². The molecule has 0 heterocycles. The lowest BCUT2D eigenvalue weighted by molar-refractivity contribution is -0.138. The van der Waals surface area contributed by atoms with Crippen molar-refractivity contribution in [2.75, 3.05) is 19.7 Å². The third kappa shape index (κ3) is 20.8. The van der Waals surface area contributed by atoms with Gasteiger partial charge in [0.15, 0.2) is 6.10 Å². The van der Waals surface area contributed by atoms with Crippen LogP contribution in [0.4, 0.5) is 0 Å². The number of carboxylic acids is 1. The van der Waals surface area contributed by atoms with Crippen molar-refractivity contribution in [2.24, 2.45) is 5.73 Å². The SMILES string of the molecule is CCC.CCCC(N)C(=O)NCC(=O)NC(CO)C[C@@H](O)[C@H](O)C(=O)NCCC(=O)O.c1ccccc1. The second-order valence-corrected chi connectivity index (χ2v) is 8.10. The van der Waals surface area contributed by atoms with E-state index in [1.165, 1.54) is 6.42 Å². The largest absolute Gasteiger partial charge is 0.481 e. The Morgan fingerprint density at radius 2 is 1.41 bits per heavy atom. The minimum Gasteiger partial charge on any atom is -0.481 e. The van der Waals surface area contributed by atoms with Gasteiger partial charge in [0, 0.05) is 6.54 Å². The number of hydrogen-bond acceptors (Lipinski definition) is 8. The lowest BCUT2D eigenvalue weighted by Gasteiger charge is -2.23. The molecule has 4 atom stereocenters. The average Bonchev–Trinajstić information content (AvgIpc) is 2.88. The normalized spacial score (nSPS) is 13.2. The monoisotopic (exact) mass is 528 g/mol. The van der Waals surface area contributed by atoms with Crippen molar-refractivity contribution in [3.63, 3.8) is 0 Å². The summed E-state index contributed by atoms with van der Waals surface area (Å²) in [7, 11) is 0. The van der Waals surface area contributed by atoms with E-state index in [-0.39, 0.29) is 25.9 Å². The molecule has 212 valence electrons. The van der Waals surface area contributed by atoms with E-state index < -0.39 is 54.6 Å². The Balaban J connectivity index is 0. The molecule has 0 bridgehead atoms. The minimum atomic E-state index is -1.87. The van der Waals surface area contributed by atoms with Crippen LogP contribution in [0.5, 0.6) is 0 Å². The first kappa shape index (κ1) is 36.1. The Morgan fingerprint density at radius 1 is 0.892 bits per heavy atom. The van der Waals surface area contributed by atoms with Crippen LogP contribution in [-0.4, -0.2) is 88.1 Å². The molecule has 9 N–H and O–H groups in total. The number of benzene rings is 1. The number of hydrogen-bond donors (Lipinski definition) is 8. The van der Waals surface area contributed by atoms with Crippen LogP contribution in [0.1, 0.15) is 52.9 Å². The van der Waals surface area contributed by atoms with Crippen molar-refractivity contribution in [2.45, 2.75) is 77.2 Å². The Kier molecular flexibility index (Phi) is 22.8. The highest BCUT2D eigenvalue weighted by atomic mass is 16.4. The zero-order valence-electron chi connectivity index (χ0n) is 21.9. The predicted octanol–water partition coefficient (Wildman–Crippen LogP) is -0.487. The fourth-order valence-corrected chi connectivity index (χ4v) is 2.58. The van der Waals surface area contributed by atoms with Gasteiger partial charge >= 0.3 is 5.97 Å². The molecule has 0 saturated carbocycles. The number of nitrogens with one attached hydrogen (secondary N) is 3. The summed E-state index contributed by atoms with van der Waals surface area (Å²) < 4.78 is 0. The molecule has 12 nitrogen and oxygen atoms in total. The van der Waals surface area contributed by atoms with Gasteiger partial charge in [0.25, 0.3) is 5.91 Å². The van der Waals surface area contributed by atoms with Crippen LogP contribution in [0.25, 0.3) is 0 Å². The first-order valence-electron chi connectivity index (χ1n) is 12.3. The van der Waals surface area contributed by atoms with E-state index in [1.54, 1.807) is 0 Å². The van der Waals surface area contributed by atoms with E-state index in [9.17, 15) is 34.5 Å². The average molecular weight is 529 g/mol. The molecular weight excluding hydrogens is 484 g/mol. The number of aliphatic carboxylic acids is 1. The zero-order chi connectivity index (χ0) is 28.6. The Hall–Kier alpha value is -3.06. The fourth-order valence-electron chi connectivity index (χ4n) is 2.58. The first-order valence-corrected chi connectivity index (χ1v) is 12.3. The fraction of sp³-hybridized carbons (Fsp3) is 0.600. The van der Waals surface area contributed by atoms with Gasteiger partial charge in [-0.3, -0.25) is 19.2 Å². The van der Waals surface area contributed by atoms with Gasteiger partial charge in [-0.15, -0.1) is 0 Å². The van der Waals surface area contributed by atoms with Crippen LogP contribution in [0.15, 0.2) is 36.4 Å². The predicted molar refractivity (Wildman–Crippen MR) is 139 cm³/mol. The summed E-state index contributed by atoms with van der Waals surface area (Å²) >= 11 is 0. The van der Waals surface area contributed by atoms with Crippen LogP contribution >= 0.6 is 0 Å². The van der Waals surface area contributed by atoms with E-state index in [1.807, 2.05) is 43.3 Å². The summed E-state index contributed by atoms with van der Waals surface area (Å²) in [4.78, 5) is 45.5. The number of amides is 3. The number of carbonyl (C=O) groups excluding carboxylic acids is 3. The number of carbonyl (C=O) groups is 4. The molecule has 0 aliphatic rings. The van der Waals surface area contributed by atoms with Crippen molar-refractivity contribution >= 4 is 23.7 Å². The van der Waals surface area contributed by atoms with Crippen LogP contribution in [0, 0.1) is 0 Å². The van der Waals surface area contributed by atoms with Gasteiger partial charge in [-0.05, 0) is 12.8 Å². The number of aliphatic hydroxyl groups excluding tert-OH is 3. The molecule has 0 fully saturated rings. The van der Waals surface area contributed by atoms with E-state index in [0.717, 1.165) is 0 Å². The van der Waals surface area contributed by atoms with Gasteiger partial charge in [0.05, 0.1) is 37.8 Å². The van der Waals surface area contributed by atoms with Gasteiger partial charge in [-0.2, -0.15) is 0 Å². The van der Waals surface area contributed by atoms with E-state index in [2.05, 4.69) is 29.8 Å². The van der Waals surface area contributed by atoms with Gasteiger partial charge in [0.1, 0.15) is 0 Å². The van der Waals surface area contributed by atoms with Crippen molar-refractivity contribution in [1.29, 1.82) is 0 Å². The molecular formula is C25H44N4O8. The van der Waals surface area contributed by atoms with Crippen LogP contribution in [0.2, 0.25) is 0 Å². The number of nitrogens with two attached hydrogens (primary N) is 1. The van der Waals surface area contributed by atoms with Crippen molar-refractivity contribution in [1.82, 2.24) is 16.0 Å². The molecule has 0 spiro atoms. The Labute approximate surface area is 218 Å². The third-order valence-corrected chi connectivity index (χ3v) is 4.41. The Morgan fingerprint density at radius 3 is 1.84 bits per heavy atom. The molecule has 1 aromatic carbocycles. The summed E-state index contributed by atoms with van der Waals surface area (Å²) in [6, 6.07) is 10.3. The van der Waals surface area contributed by atoms with Gasteiger partial charge in [-0.1, -0.05) is 70.0 Å². The highest BCUT2D eigenvalue weighted by Crippen LogP contribution is 2.04. The molecule has 12 heteroatoms. The van der Waals surface area contributed by atoms with Gasteiger partial charge in [-0.25, -0.2) is 0 Å². The maximum absolute atomic E-state index is 11.8. The lowest BCUT2D eigenvalue weighted by atomic mass is 10.0. The molecule has 0 aliphatic carbocycles. The molecule has 0 aliphatic heterocycles. The zero-order valence-corrected chi connectivity index (χ0v) is 21.9. The molecule has 1 rings (SSSR count). The first-order chi connectivity index (χ1) is 17.5. The van der Waals surface area contributed by atoms with Crippen molar-refractivity contribution in [3.8, 4) is 0 Å².